The van der Waals surface area contributed by atoms with Gasteiger partial charge in [0.05, 0.1) is 24.5 Å². The molecule has 0 radical (unpaired) electrons. The lowest BCUT2D eigenvalue weighted by Crippen LogP contribution is -2.68. The molecule has 3 amide bonds. The Morgan fingerprint density at radius 1 is 1.19 bits per heavy atom. The second kappa shape index (κ2) is 18.0. The molecule has 1 aromatic carbocycles. The molecule has 13 heteroatoms. The number of aromatic amines is 1. The van der Waals surface area contributed by atoms with Crippen LogP contribution < -0.4 is 21.8 Å². The van der Waals surface area contributed by atoms with Crippen LogP contribution in [0.2, 0.25) is 0 Å². The molecule has 0 spiro atoms. The first-order valence-electron chi connectivity index (χ1n) is 13.3. The number of carbonyl (C=O) groups excluding carboxylic acids is 3. The number of benzene rings is 1. The highest BCUT2D eigenvalue weighted by atomic mass is 32.1. The lowest BCUT2D eigenvalue weighted by atomic mass is 10.0. The van der Waals surface area contributed by atoms with E-state index in [-0.39, 0.29) is 24.3 Å². The largest absolute Gasteiger partial charge is 0.416 e. The van der Waals surface area contributed by atoms with Gasteiger partial charge in [0.15, 0.2) is 12.2 Å². The molecule has 42 heavy (non-hydrogen) atoms. The molecule has 0 fully saturated rings. The smallest absolute Gasteiger partial charge is 0.356 e. The minimum absolute atomic E-state index is 0.0921. The maximum absolute atomic E-state index is 12.7. The fourth-order valence-corrected chi connectivity index (χ4v) is 4.18. The van der Waals surface area contributed by atoms with Crippen molar-refractivity contribution in [2.45, 2.75) is 44.4 Å². The van der Waals surface area contributed by atoms with E-state index >= 15 is 0 Å². The van der Waals surface area contributed by atoms with Crippen molar-refractivity contribution < 1.29 is 44.0 Å². The Morgan fingerprint density at radius 2 is 1.83 bits per heavy atom. The van der Waals surface area contributed by atoms with Gasteiger partial charge in [0.1, 0.15) is 5.69 Å². The molecule has 2 atom stereocenters. The predicted octanol–water partition coefficient (Wildman–Crippen LogP) is 1.80. The van der Waals surface area contributed by atoms with Gasteiger partial charge in [-0.25, -0.2) is 4.98 Å². The molecule has 0 aliphatic heterocycles. The molecule has 0 bridgehead atoms. The molecule has 0 saturated heterocycles. The average molecular weight is 612 g/mol. The number of rotatable bonds is 14. The fraction of sp³-hybridized carbons (Fsp3) is 0.379. The number of amides is 3. The van der Waals surface area contributed by atoms with E-state index in [0.717, 1.165) is 23.4 Å². The summed E-state index contributed by atoms with van der Waals surface area (Å²) in [6, 6.07) is 5.94. The van der Waals surface area contributed by atoms with E-state index in [4.69, 9.17) is 0 Å². The molecular weight excluding hydrogens is 569 g/mol. The number of anilines is 1. The van der Waals surface area contributed by atoms with Gasteiger partial charge in [-0.3, -0.25) is 14.4 Å². The number of halogens is 3. The third kappa shape index (κ3) is 11.7. The number of hydrogen-bond donors (Lipinski definition) is 4. The summed E-state index contributed by atoms with van der Waals surface area (Å²) in [5, 5.41) is 2.54. The Kier molecular flexibility index (Phi) is 15.6. The van der Waals surface area contributed by atoms with Gasteiger partial charge in [-0.2, -0.15) is 25.8 Å². The number of hydrogen-bond acceptors (Lipinski definition) is 4. The summed E-state index contributed by atoms with van der Waals surface area (Å²) in [6.07, 6.45) is 2.28. The zero-order chi connectivity index (χ0) is 31.9. The first kappa shape index (κ1) is 36.3. The number of quaternary nitrogens is 2. The van der Waals surface area contributed by atoms with Gasteiger partial charge in [0.2, 0.25) is 18.0 Å². The molecule has 8 N–H and O–H groups in total. The number of aromatic nitrogens is 1. The Labute approximate surface area is 250 Å². The van der Waals surface area contributed by atoms with Crippen molar-refractivity contribution in [2.24, 2.45) is 0 Å². The van der Waals surface area contributed by atoms with Crippen molar-refractivity contribution in [1.82, 2.24) is 9.80 Å². The molecular formula is C29H42F3N6O3S+3. The number of pyridine rings is 1. The van der Waals surface area contributed by atoms with Crippen LogP contribution in [0.1, 0.15) is 42.1 Å². The highest BCUT2D eigenvalue weighted by Crippen LogP contribution is 2.29. The summed E-state index contributed by atoms with van der Waals surface area (Å²) >= 11 is 4.13. The lowest BCUT2D eigenvalue weighted by Gasteiger charge is -2.27. The van der Waals surface area contributed by atoms with E-state index in [2.05, 4.69) is 47.6 Å². The SMILES string of the molecule is C=Cc1cc(NC=O)c[nH+]c1C=C.CC(Cc1ccc(C(F)(F)F)cc1)N(C)C(=O)C([NH3+])CCC(=O)N(CS)CC[NH3+]. The van der Waals surface area contributed by atoms with Gasteiger partial charge < -0.3 is 26.6 Å². The van der Waals surface area contributed by atoms with Crippen LogP contribution >= 0.6 is 12.6 Å². The molecule has 2 aromatic rings. The normalized spacial score (nSPS) is 12.2. The van der Waals surface area contributed by atoms with Crippen molar-refractivity contribution in [1.29, 1.82) is 0 Å². The van der Waals surface area contributed by atoms with Gasteiger partial charge in [-0.05, 0) is 37.1 Å². The summed E-state index contributed by atoms with van der Waals surface area (Å²) < 4.78 is 38.0. The molecule has 2 rings (SSSR count). The molecule has 0 aliphatic carbocycles. The van der Waals surface area contributed by atoms with E-state index in [0.29, 0.717) is 49.5 Å². The standard InChI is InChI=1S/C19H29F3N4O2S.C10H10N2O/c1-13(11-14-3-5-15(6-4-14)19(20,21)22)25(2)18(28)16(24)7-8-17(27)26(12-29)10-9-23;1-3-8-5-9(12-7-13)6-11-10(8)4-2/h3-6,13,16,29H,7-12,23-24H2,1-2H3;3-7H,1-2H2,(H,12,13)/p+3. The van der Waals surface area contributed by atoms with E-state index in [1.54, 1.807) is 30.3 Å². The van der Waals surface area contributed by atoms with E-state index < -0.39 is 17.8 Å². The number of H-pyrrole nitrogens is 1. The van der Waals surface area contributed by atoms with Crippen LogP contribution in [-0.4, -0.2) is 66.1 Å². The van der Waals surface area contributed by atoms with Crippen molar-refractivity contribution in [3.63, 3.8) is 0 Å². The van der Waals surface area contributed by atoms with Gasteiger partial charge in [0.25, 0.3) is 5.91 Å². The van der Waals surface area contributed by atoms with Crippen molar-refractivity contribution in [2.75, 3.05) is 31.3 Å². The van der Waals surface area contributed by atoms with Gasteiger partial charge >= 0.3 is 6.18 Å². The molecule has 1 aromatic heterocycles. The highest BCUT2D eigenvalue weighted by Gasteiger charge is 2.30. The van der Waals surface area contributed by atoms with Crippen LogP contribution in [0, 0.1) is 0 Å². The topological polar surface area (TPSA) is 139 Å². The van der Waals surface area contributed by atoms with Crippen LogP contribution in [0.5, 0.6) is 0 Å². The van der Waals surface area contributed by atoms with E-state index in [1.807, 2.05) is 13.0 Å². The summed E-state index contributed by atoms with van der Waals surface area (Å²) in [5.74, 6) is 0.00566. The third-order valence-electron chi connectivity index (χ3n) is 6.48. The Balaban J connectivity index is 0.000000563. The number of thiol groups is 1. The van der Waals surface area contributed by atoms with Crippen molar-refractivity contribution in [3.8, 4) is 0 Å². The van der Waals surface area contributed by atoms with Gasteiger partial charge in [-0.1, -0.05) is 31.4 Å². The summed E-state index contributed by atoms with van der Waals surface area (Å²) in [4.78, 5) is 41.0. The number of alkyl halides is 3. The Bertz CT molecular complexity index is 1190. The summed E-state index contributed by atoms with van der Waals surface area (Å²) in [6.45, 7) is 10.2. The first-order chi connectivity index (χ1) is 19.8. The van der Waals surface area contributed by atoms with Crippen LogP contribution in [0.15, 0.2) is 49.7 Å². The summed E-state index contributed by atoms with van der Waals surface area (Å²) in [5.41, 5.74) is 10.1. The predicted molar refractivity (Wildman–Crippen MR) is 159 cm³/mol. The minimum Gasteiger partial charge on any atom is -0.356 e. The second-order valence-corrected chi connectivity index (χ2v) is 9.80. The number of nitrogens with one attached hydrogen (secondary N) is 2. The minimum atomic E-state index is -4.37. The van der Waals surface area contributed by atoms with Gasteiger partial charge in [-0.15, -0.1) is 0 Å². The molecule has 230 valence electrons. The maximum Gasteiger partial charge on any atom is 0.416 e. The molecule has 2 unspecified atom stereocenters. The van der Waals surface area contributed by atoms with Crippen molar-refractivity contribution in [3.05, 3.63) is 72.1 Å². The average Bonchev–Trinajstić information content (AvgIpc) is 2.97. The zero-order valence-corrected chi connectivity index (χ0v) is 25.0. The number of carbonyl (C=O) groups is 3. The highest BCUT2D eigenvalue weighted by molar-refractivity contribution is 7.80. The maximum atomic E-state index is 12.7. The van der Waals surface area contributed by atoms with Crippen LogP contribution in [0.3, 0.4) is 0 Å². The monoisotopic (exact) mass is 611 g/mol. The quantitative estimate of drug-likeness (QED) is 0.147. The van der Waals surface area contributed by atoms with E-state index in [9.17, 15) is 27.6 Å². The number of likely N-dealkylation sites (N-methyl/N-ethyl adjacent to an activating group) is 1. The Morgan fingerprint density at radius 3 is 2.33 bits per heavy atom. The van der Waals surface area contributed by atoms with Crippen LogP contribution in [0.4, 0.5) is 18.9 Å². The van der Waals surface area contributed by atoms with Crippen molar-refractivity contribution >= 4 is 48.7 Å². The lowest BCUT2D eigenvalue weighted by molar-refractivity contribution is -0.407. The zero-order valence-electron chi connectivity index (χ0n) is 24.1. The first-order valence-corrected chi connectivity index (χ1v) is 13.9. The van der Waals surface area contributed by atoms with E-state index in [1.165, 1.54) is 17.0 Å². The molecule has 9 nitrogen and oxygen atoms in total. The summed E-state index contributed by atoms with van der Waals surface area (Å²) in [7, 11) is 1.64. The van der Waals surface area contributed by atoms with Gasteiger partial charge in [0, 0.05) is 37.6 Å². The second-order valence-electron chi connectivity index (χ2n) is 9.51. The molecule has 0 saturated carbocycles. The molecule has 0 aliphatic rings. The van der Waals surface area contributed by atoms with Crippen LogP contribution in [0.25, 0.3) is 12.2 Å². The fourth-order valence-electron chi connectivity index (χ4n) is 3.88. The third-order valence-corrected chi connectivity index (χ3v) is 6.82. The number of nitrogens with zero attached hydrogens (tertiary/aromatic N) is 2. The molecule has 1 heterocycles. The van der Waals surface area contributed by atoms with Crippen LogP contribution in [-0.2, 0) is 27.0 Å². The Hall–Kier alpha value is -3.68.